The highest BCUT2D eigenvalue weighted by molar-refractivity contribution is 6.31. The highest BCUT2D eigenvalue weighted by Crippen LogP contribution is 2.18. The van der Waals surface area contributed by atoms with Crippen LogP contribution in [0.1, 0.15) is 10.4 Å². The van der Waals surface area contributed by atoms with Gasteiger partial charge in [0.2, 0.25) is 0 Å². The minimum Gasteiger partial charge on any atom is -0.468 e. The van der Waals surface area contributed by atoms with Crippen LogP contribution in [0.2, 0.25) is 5.02 Å². The molecule has 19 heavy (non-hydrogen) atoms. The van der Waals surface area contributed by atoms with Crippen LogP contribution >= 0.6 is 11.6 Å². The molecule has 0 spiro atoms. The fourth-order valence-corrected chi connectivity index (χ4v) is 1.71. The van der Waals surface area contributed by atoms with Crippen molar-refractivity contribution in [2.75, 3.05) is 13.7 Å². The summed E-state index contributed by atoms with van der Waals surface area (Å²) in [6.45, 7) is -0.173. The van der Waals surface area contributed by atoms with Gasteiger partial charge in [0, 0.05) is 16.6 Å². The fourth-order valence-electron chi connectivity index (χ4n) is 1.55. The number of nitrogens with zero attached hydrogens (tertiary/aromatic N) is 1. The van der Waals surface area contributed by atoms with Crippen LogP contribution in [-0.4, -0.2) is 30.5 Å². The van der Waals surface area contributed by atoms with Crippen molar-refractivity contribution >= 4 is 34.4 Å². The van der Waals surface area contributed by atoms with Crippen molar-refractivity contribution in [2.45, 2.75) is 0 Å². The number of aromatic nitrogens is 1. The number of methoxy groups -OCH3 is 1. The number of pyridine rings is 1. The molecule has 0 fully saturated rings. The maximum atomic E-state index is 11.8. The van der Waals surface area contributed by atoms with Crippen LogP contribution in [0.25, 0.3) is 10.9 Å². The van der Waals surface area contributed by atoms with Gasteiger partial charge in [0.05, 0.1) is 18.2 Å². The molecule has 2 rings (SSSR count). The van der Waals surface area contributed by atoms with Crippen molar-refractivity contribution in [2.24, 2.45) is 0 Å². The van der Waals surface area contributed by atoms with Crippen molar-refractivity contribution in [1.82, 2.24) is 10.3 Å². The highest BCUT2D eigenvalue weighted by Gasteiger charge is 2.09. The zero-order chi connectivity index (χ0) is 13.8. The van der Waals surface area contributed by atoms with E-state index in [1.165, 1.54) is 13.3 Å². The molecule has 0 radical (unpaired) electrons. The first-order valence-corrected chi connectivity index (χ1v) is 5.88. The quantitative estimate of drug-likeness (QED) is 0.869. The molecule has 0 saturated heterocycles. The van der Waals surface area contributed by atoms with Crippen LogP contribution in [-0.2, 0) is 9.53 Å². The lowest BCUT2D eigenvalue weighted by Crippen LogP contribution is -2.30. The first-order chi connectivity index (χ1) is 9.10. The van der Waals surface area contributed by atoms with Gasteiger partial charge in [0.25, 0.3) is 5.91 Å². The molecule has 0 aliphatic carbocycles. The Balaban J connectivity index is 2.19. The molecule has 2 aromatic rings. The summed E-state index contributed by atoms with van der Waals surface area (Å²) in [4.78, 5) is 26.9. The number of esters is 1. The lowest BCUT2D eigenvalue weighted by atomic mass is 10.1. The second-order valence-electron chi connectivity index (χ2n) is 3.82. The Morgan fingerprint density at radius 3 is 2.89 bits per heavy atom. The molecule has 0 unspecified atom stereocenters. The first kappa shape index (κ1) is 13.3. The topological polar surface area (TPSA) is 68.3 Å². The highest BCUT2D eigenvalue weighted by atomic mass is 35.5. The molecular formula is C13H11ClN2O3. The Hall–Kier alpha value is -2.14. The van der Waals surface area contributed by atoms with Crippen LogP contribution < -0.4 is 5.32 Å². The minimum absolute atomic E-state index is 0.173. The van der Waals surface area contributed by atoms with Crippen molar-refractivity contribution in [1.29, 1.82) is 0 Å². The van der Waals surface area contributed by atoms with Gasteiger partial charge in [-0.25, -0.2) is 0 Å². The lowest BCUT2D eigenvalue weighted by Gasteiger charge is -2.05. The number of halogens is 1. The van der Waals surface area contributed by atoms with E-state index in [0.717, 1.165) is 5.39 Å². The van der Waals surface area contributed by atoms with Crippen molar-refractivity contribution in [3.63, 3.8) is 0 Å². The Kier molecular flexibility index (Phi) is 3.97. The van der Waals surface area contributed by atoms with Crippen molar-refractivity contribution in [3.8, 4) is 0 Å². The van der Waals surface area contributed by atoms with Gasteiger partial charge in [-0.1, -0.05) is 17.7 Å². The number of hydrogen-bond donors (Lipinski definition) is 1. The molecule has 1 aromatic carbocycles. The van der Waals surface area contributed by atoms with Crippen LogP contribution in [0.3, 0.4) is 0 Å². The maximum absolute atomic E-state index is 11.8. The number of carbonyl (C=O) groups is 2. The van der Waals surface area contributed by atoms with Gasteiger partial charge in [-0.05, 0) is 18.2 Å². The summed E-state index contributed by atoms with van der Waals surface area (Å²) in [6, 6.07) is 6.90. The number of amides is 1. The zero-order valence-corrected chi connectivity index (χ0v) is 10.9. The number of carbonyl (C=O) groups excluding carboxylic acids is 2. The van der Waals surface area contributed by atoms with Crippen LogP contribution in [0, 0.1) is 0 Å². The molecule has 0 saturated carbocycles. The molecule has 0 bridgehead atoms. The summed E-state index contributed by atoms with van der Waals surface area (Å²) >= 11 is 5.85. The standard InChI is InChI=1S/C13H11ClN2O3/c1-19-12(17)7-16-13(18)9-4-8-2-3-10(14)5-11(8)15-6-9/h2-6H,7H2,1H3,(H,16,18). The van der Waals surface area contributed by atoms with E-state index in [1.54, 1.807) is 24.3 Å². The average Bonchev–Trinajstić information content (AvgIpc) is 2.43. The van der Waals surface area contributed by atoms with Gasteiger partial charge in [-0.2, -0.15) is 0 Å². The number of ether oxygens (including phenoxy) is 1. The summed E-state index contributed by atoms with van der Waals surface area (Å²) in [5.41, 5.74) is 1.08. The number of hydrogen-bond acceptors (Lipinski definition) is 4. The summed E-state index contributed by atoms with van der Waals surface area (Å²) in [5, 5.41) is 3.83. The Morgan fingerprint density at radius 2 is 2.16 bits per heavy atom. The Bertz CT molecular complexity index is 643. The molecule has 0 aliphatic heterocycles. The fraction of sp³-hybridized carbons (Fsp3) is 0.154. The van der Waals surface area contributed by atoms with Gasteiger partial charge in [0.15, 0.2) is 0 Å². The van der Waals surface area contributed by atoms with Gasteiger partial charge < -0.3 is 10.1 Å². The predicted molar refractivity (Wildman–Crippen MR) is 71.1 cm³/mol. The molecule has 1 N–H and O–H groups in total. The van der Waals surface area contributed by atoms with Crippen molar-refractivity contribution in [3.05, 3.63) is 41.0 Å². The molecule has 6 heteroatoms. The third-order valence-corrected chi connectivity index (χ3v) is 2.76. The average molecular weight is 279 g/mol. The molecule has 0 aliphatic rings. The Morgan fingerprint density at radius 1 is 1.37 bits per heavy atom. The first-order valence-electron chi connectivity index (χ1n) is 5.50. The summed E-state index contributed by atoms with van der Waals surface area (Å²) < 4.78 is 4.44. The van der Waals surface area contributed by atoms with Gasteiger partial charge >= 0.3 is 5.97 Å². The molecule has 98 valence electrons. The number of fused-ring (bicyclic) bond motifs is 1. The molecule has 0 atom stereocenters. The smallest absolute Gasteiger partial charge is 0.325 e. The van der Waals surface area contributed by atoms with Gasteiger partial charge in [-0.15, -0.1) is 0 Å². The predicted octanol–water partition coefficient (Wildman–Crippen LogP) is 1.79. The van der Waals surface area contributed by atoms with Crippen LogP contribution in [0.4, 0.5) is 0 Å². The molecule has 1 heterocycles. The SMILES string of the molecule is COC(=O)CNC(=O)c1cnc2cc(Cl)ccc2c1. The molecule has 1 amide bonds. The normalized spacial score (nSPS) is 10.2. The van der Waals surface area contributed by atoms with Gasteiger partial charge in [0.1, 0.15) is 6.54 Å². The third-order valence-electron chi connectivity index (χ3n) is 2.53. The van der Waals surface area contributed by atoms with E-state index < -0.39 is 5.97 Å². The number of benzene rings is 1. The lowest BCUT2D eigenvalue weighted by molar-refractivity contribution is -0.139. The second-order valence-corrected chi connectivity index (χ2v) is 4.26. The third kappa shape index (κ3) is 3.20. The van der Waals surface area contributed by atoms with Crippen LogP contribution in [0.15, 0.2) is 30.5 Å². The van der Waals surface area contributed by atoms with E-state index in [0.29, 0.717) is 16.1 Å². The number of nitrogens with one attached hydrogen (secondary N) is 1. The monoisotopic (exact) mass is 278 g/mol. The zero-order valence-electron chi connectivity index (χ0n) is 10.1. The van der Waals surface area contributed by atoms with Gasteiger partial charge in [-0.3, -0.25) is 14.6 Å². The van der Waals surface area contributed by atoms with E-state index >= 15 is 0 Å². The molecule has 5 nitrogen and oxygen atoms in total. The van der Waals surface area contributed by atoms with E-state index in [2.05, 4.69) is 15.0 Å². The summed E-state index contributed by atoms with van der Waals surface area (Å²) in [5.74, 6) is -0.886. The summed E-state index contributed by atoms with van der Waals surface area (Å²) in [7, 11) is 1.26. The Labute approximate surface area is 114 Å². The van der Waals surface area contributed by atoms with E-state index in [-0.39, 0.29) is 12.5 Å². The number of rotatable bonds is 3. The van der Waals surface area contributed by atoms with Crippen molar-refractivity contribution < 1.29 is 14.3 Å². The van der Waals surface area contributed by atoms with E-state index in [4.69, 9.17) is 11.6 Å². The largest absolute Gasteiger partial charge is 0.468 e. The molecular weight excluding hydrogens is 268 g/mol. The molecule has 1 aromatic heterocycles. The second kappa shape index (κ2) is 5.67. The maximum Gasteiger partial charge on any atom is 0.325 e. The summed E-state index contributed by atoms with van der Waals surface area (Å²) in [6.07, 6.45) is 1.44. The van der Waals surface area contributed by atoms with E-state index in [9.17, 15) is 9.59 Å². The minimum atomic E-state index is -0.506. The van der Waals surface area contributed by atoms with E-state index in [1.807, 2.05) is 0 Å². The van der Waals surface area contributed by atoms with Crippen LogP contribution in [0.5, 0.6) is 0 Å².